The quantitative estimate of drug-likeness (QED) is 0.0522. The van der Waals surface area contributed by atoms with Crippen LogP contribution in [0.25, 0.3) is 0 Å². The van der Waals surface area contributed by atoms with Gasteiger partial charge in [-0.05, 0) is 103 Å². The van der Waals surface area contributed by atoms with Crippen LogP contribution in [-0.4, -0.2) is 284 Å². The average molecular weight is 1230 g/mol. The standard InChI is InChI=1S/3C11H24O3.3C10H22O4/c1-12-8-4-3-5-10-14-11-7-6-9-13-2;1-12-8-5-3-4-6-10-14-11-7-9-13-2;1-12-8-6-4-3-5-7-9-14-11-10-13-2;1-11-5-3-6-13-7-4-8-14-10-9-12-2;1-11-7-9-13-5-3-4-6-14-10-8-12-2;1-11-5-3-4-6-13-9-10-14-8-7-12-2/h3*3-11H2,1-2H3;3*3-10H2,1-2H3. The second kappa shape index (κ2) is 107. The van der Waals surface area contributed by atoms with Gasteiger partial charge in [0.1, 0.15) is 0 Å². The zero-order valence-corrected chi connectivity index (χ0v) is 56.6. The Bertz CT molecular complexity index is 698. The monoisotopic (exact) mass is 1230 g/mol. The second-order valence-electron chi connectivity index (χ2n) is 18.8. The third kappa shape index (κ3) is 123. The molecule has 21 heteroatoms. The van der Waals surface area contributed by atoms with Crippen LogP contribution in [-0.2, 0) is 99.5 Å². The fraction of sp³-hybridized carbons (Fsp3) is 1.00. The molecule has 0 aliphatic heterocycles. The summed E-state index contributed by atoms with van der Waals surface area (Å²) in [5.74, 6) is 0. The molecule has 21 nitrogen and oxygen atoms in total. The number of hydrogen-bond acceptors (Lipinski definition) is 21. The molecule has 0 aliphatic rings. The summed E-state index contributed by atoms with van der Waals surface area (Å²) in [6.07, 6.45) is 23.8. The normalized spacial score (nSPS) is 10.7. The zero-order chi connectivity index (χ0) is 62.9. The van der Waals surface area contributed by atoms with Gasteiger partial charge in [-0.1, -0.05) is 32.1 Å². The maximum atomic E-state index is 5.46. The molecule has 84 heavy (non-hydrogen) atoms. The van der Waals surface area contributed by atoms with Crippen molar-refractivity contribution in [2.75, 3.05) is 284 Å². The first-order chi connectivity index (χ1) is 41.5. The lowest BCUT2D eigenvalue weighted by atomic mass is 10.1. The van der Waals surface area contributed by atoms with Crippen LogP contribution in [0.4, 0.5) is 0 Å². The van der Waals surface area contributed by atoms with Crippen molar-refractivity contribution in [1.82, 2.24) is 0 Å². The largest absolute Gasteiger partial charge is 0.385 e. The Labute approximate surface area is 516 Å². The molecule has 0 amide bonds. The van der Waals surface area contributed by atoms with Gasteiger partial charge in [0.2, 0.25) is 0 Å². The molecule has 0 spiro atoms. The van der Waals surface area contributed by atoms with Crippen LogP contribution >= 0.6 is 0 Å². The van der Waals surface area contributed by atoms with E-state index in [1.165, 1.54) is 51.4 Å². The summed E-state index contributed by atoms with van der Waals surface area (Å²) >= 11 is 0. The third-order valence-electron chi connectivity index (χ3n) is 11.1. The van der Waals surface area contributed by atoms with Gasteiger partial charge < -0.3 is 99.5 Å². The van der Waals surface area contributed by atoms with Crippen molar-refractivity contribution in [2.45, 2.75) is 135 Å². The summed E-state index contributed by atoms with van der Waals surface area (Å²) in [7, 11) is 20.5. The van der Waals surface area contributed by atoms with Crippen LogP contribution in [0.15, 0.2) is 0 Å². The van der Waals surface area contributed by atoms with E-state index < -0.39 is 0 Å². The maximum absolute atomic E-state index is 5.46. The summed E-state index contributed by atoms with van der Waals surface area (Å²) in [4.78, 5) is 0. The summed E-state index contributed by atoms with van der Waals surface area (Å²) in [5, 5.41) is 0. The molecule has 0 N–H and O–H groups in total. The van der Waals surface area contributed by atoms with Gasteiger partial charge >= 0.3 is 0 Å². The van der Waals surface area contributed by atoms with Crippen molar-refractivity contribution >= 4 is 0 Å². The van der Waals surface area contributed by atoms with Crippen LogP contribution in [0.3, 0.4) is 0 Å². The van der Waals surface area contributed by atoms with Gasteiger partial charge in [-0.3, -0.25) is 0 Å². The lowest BCUT2D eigenvalue weighted by Gasteiger charge is -2.05. The van der Waals surface area contributed by atoms with E-state index in [4.69, 9.17) is 99.5 Å². The van der Waals surface area contributed by atoms with E-state index in [9.17, 15) is 0 Å². The Balaban J connectivity index is -0.000000217. The first kappa shape index (κ1) is 94.3. The first-order valence-electron chi connectivity index (χ1n) is 31.6. The molecule has 0 aromatic rings. The van der Waals surface area contributed by atoms with E-state index in [-0.39, 0.29) is 0 Å². The number of methoxy groups -OCH3 is 12. The Kier molecular flexibility index (Phi) is 120. The van der Waals surface area contributed by atoms with Gasteiger partial charge in [0.15, 0.2) is 0 Å². The lowest BCUT2D eigenvalue weighted by Crippen LogP contribution is -2.09. The highest BCUT2D eigenvalue weighted by atomic mass is 16.6. The Morgan fingerprint density at radius 2 is 0.202 bits per heavy atom. The first-order valence-corrected chi connectivity index (χ1v) is 31.6. The molecule has 0 saturated carbocycles. The summed E-state index contributed by atoms with van der Waals surface area (Å²) in [6.45, 7) is 22.9. The summed E-state index contributed by atoms with van der Waals surface area (Å²) in [6, 6.07) is 0. The lowest BCUT2D eigenvalue weighted by molar-refractivity contribution is 0.0230. The number of rotatable bonds is 66. The highest BCUT2D eigenvalue weighted by molar-refractivity contribution is 4.46. The number of ether oxygens (including phenoxy) is 21. The van der Waals surface area contributed by atoms with Crippen LogP contribution < -0.4 is 0 Å². The van der Waals surface area contributed by atoms with Crippen LogP contribution in [0.5, 0.6) is 0 Å². The van der Waals surface area contributed by atoms with E-state index in [2.05, 4.69) is 0 Å². The molecule has 0 fully saturated rings. The van der Waals surface area contributed by atoms with Crippen molar-refractivity contribution in [3.8, 4) is 0 Å². The van der Waals surface area contributed by atoms with E-state index in [0.29, 0.717) is 72.7 Å². The van der Waals surface area contributed by atoms with Crippen molar-refractivity contribution in [1.29, 1.82) is 0 Å². The van der Waals surface area contributed by atoms with E-state index >= 15 is 0 Å². The van der Waals surface area contributed by atoms with E-state index in [0.717, 1.165) is 209 Å². The van der Waals surface area contributed by atoms with Gasteiger partial charge in [0.25, 0.3) is 0 Å². The van der Waals surface area contributed by atoms with Crippen molar-refractivity contribution in [3.05, 3.63) is 0 Å². The van der Waals surface area contributed by atoms with Crippen molar-refractivity contribution < 1.29 is 99.5 Å². The molecule has 0 atom stereocenters. The van der Waals surface area contributed by atoms with Gasteiger partial charge in [-0.15, -0.1) is 0 Å². The Hall–Kier alpha value is -0.840. The molecule has 0 radical (unpaired) electrons. The molecule has 0 heterocycles. The van der Waals surface area contributed by atoms with Crippen molar-refractivity contribution in [2.24, 2.45) is 0 Å². The van der Waals surface area contributed by atoms with E-state index in [1.807, 2.05) is 0 Å². The fourth-order valence-corrected chi connectivity index (χ4v) is 6.34. The molecule has 0 aliphatic carbocycles. The Morgan fingerprint density at radius 3 is 0.429 bits per heavy atom. The van der Waals surface area contributed by atoms with Crippen LogP contribution in [0.1, 0.15) is 135 Å². The molecular weight excluding hydrogens is 1090 g/mol. The molecule has 0 aromatic carbocycles. The van der Waals surface area contributed by atoms with Gasteiger partial charge in [-0.2, -0.15) is 0 Å². The van der Waals surface area contributed by atoms with Crippen LogP contribution in [0, 0.1) is 0 Å². The average Bonchev–Trinajstić information content (AvgIpc) is 3.51. The number of unbranched alkanes of at least 4 members (excludes halogenated alkanes) is 12. The van der Waals surface area contributed by atoms with Crippen LogP contribution in [0.2, 0.25) is 0 Å². The minimum Gasteiger partial charge on any atom is -0.385 e. The molecule has 0 unspecified atom stereocenters. The summed E-state index contributed by atoms with van der Waals surface area (Å²) in [5.41, 5.74) is 0. The molecule has 516 valence electrons. The second-order valence-corrected chi connectivity index (χ2v) is 18.8. The highest BCUT2D eigenvalue weighted by Gasteiger charge is 1.97. The van der Waals surface area contributed by atoms with Gasteiger partial charge in [0.05, 0.1) is 79.3 Å². The van der Waals surface area contributed by atoms with E-state index in [1.54, 1.807) is 85.3 Å². The zero-order valence-electron chi connectivity index (χ0n) is 56.6. The minimum absolute atomic E-state index is 0.642. The predicted octanol–water partition coefficient (Wildman–Crippen LogP) is 10.0. The molecular formula is C63H138O21. The molecule has 0 bridgehead atoms. The fourth-order valence-electron chi connectivity index (χ4n) is 6.34. The third-order valence-corrected chi connectivity index (χ3v) is 11.1. The van der Waals surface area contributed by atoms with Crippen molar-refractivity contribution in [3.63, 3.8) is 0 Å². The molecule has 0 saturated heterocycles. The maximum Gasteiger partial charge on any atom is 0.0701 e. The topological polar surface area (TPSA) is 194 Å². The smallest absolute Gasteiger partial charge is 0.0701 e. The molecule has 0 aromatic heterocycles. The minimum atomic E-state index is 0.642. The van der Waals surface area contributed by atoms with Gasteiger partial charge in [0, 0.05) is 204 Å². The number of hydrogen-bond donors (Lipinski definition) is 0. The predicted molar refractivity (Wildman–Crippen MR) is 337 cm³/mol. The van der Waals surface area contributed by atoms with Gasteiger partial charge in [-0.25, -0.2) is 0 Å². The Morgan fingerprint density at radius 1 is 0.0952 bits per heavy atom. The summed E-state index contributed by atoms with van der Waals surface area (Å²) < 4.78 is 107. The SMILES string of the molecule is COCCCCCCCOCCOC.COCCCCCCOCCCOC.COCCCCCOCCCCOC.COCCCCOCCOCCOC.COCCCOCCCOCCOC.COCCOCCCCOCCOC. The highest BCUT2D eigenvalue weighted by Crippen LogP contribution is 2.04. The molecule has 0 rings (SSSR count).